The highest BCUT2D eigenvalue weighted by molar-refractivity contribution is 5.41. The first-order valence-electron chi connectivity index (χ1n) is 5.01. The number of anilines is 2. The summed E-state index contributed by atoms with van der Waals surface area (Å²) in [5.74, 6) is 6.10. The summed E-state index contributed by atoms with van der Waals surface area (Å²) in [7, 11) is 0. The zero-order valence-electron chi connectivity index (χ0n) is 9.43. The van der Waals surface area contributed by atoms with Crippen molar-refractivity contribution in [3.63, 3.8) is 0 Å². The van der Waals surface area contributed by atoms with Crippen molar-refractivity contribution in [3.05, 3.63) is 6.07 Å². The van der Waals surface area contributed by atoms with Crippen LogP contribution in [0, 0.1) is 0 Å². The van der Waals surface area contributed by atoms with Gasteiger partial charge in [-0.1, -0.05) is 0 Å². The fourth-order valence-corrected chi connectivity index (χ4v) is 1.10. The molecule has 0 spiro atoms. The van der Waals surface area contributed by atoms with Gasteiger partial charge in [-0.25, -0.2) is 5.84 Å². The number of hydrogen-bond donors (Lipinski definition) is 3. The van der Waals surface area contributed by atoms with Crippen LogP contribution in [0.2, 0.25) is 0 Å². The van der Waals surface area contributed by atoms with Gasteiger partial charge >= 0.3 is 0 Å². The van der Waals surface area contributed by atoms with Gasteiger partial charge in [-0.15, -0.1) is 0 Å². The summed E-state index contributed by atoms with van der Waals surface area (Å²) in [6, 6.07) is 1.57. The van der Waals surface area contributed by atoms with Gasteiger partial charge < -0.3 is 20.6 Å². The highest BCUT2D eigenvalue weighted by Crippen LogP contribution is 2.15. The third-order valence-electron chi connectivity index (χ3n) is 1.75. The second kappa shape index (κ2) is 6.09. The standard InChI is InChI=1S/C9H17N5O2/c1-3-15-5-6(2)16-8-4-7(14-11)12-9(10)13-8/h4,6H,3,5,11H2,1-2H3,(H3,10,12,13,14). The van der Waals surface area contributed by atoms with Gasteiger partial charge in [0.2, 0.25) is 11.8 Å². The Kier molecular flexibility index (Phi) is 4.74. The van der Waals surface area contributed by atoms with E-state index < -0.39 is 0 Å². The van der Waals surface area contributed by atoms with Gasteiger partial charge in [0.25, 0.3) is 0 Å². The van der Waals surface area contributed by atoms with Crippen molar-refractivity contribution in [2.45, 2.75) is 20.0 Å². The fourth-order valence-electron chi connectivity index (χ4n) is 1.10. The van der Waals surface area contributed by atoms with Crippen LogP contribution in [0.5, 0.6) is 5.88 Å². The molecule has 0 aliphatic carbocycles. The molecule has 1 aromatic rings. The molecule has 0 amide bonds. The topological polar surface area (TPSA) is 108 Å². The molecule has 1 aromatic heterocycles. The Morgan fingerprint density at radius 1 is 1.50 bits per heavy atom. The molecule has 0 bridgehead atoms. The maximum absolute atomic E-state index is 5.49. The SMILES string of the molecule is CCOCC(C)Oc1cc(NN)nc(N)n1. The monoisotopic (exact) mass is 227 g/mol. The van der Waals surface area contributed by atoms with Gasteiger partial charge in [0.05, 0.1) is 6.61 Å². The summed E-state index contributed by atoms with van der Waals surface area (Å²) in [6.07, 6.45) is -0.111. The summed E-state index contributed by atoms with van der Waals surface area (Å²) in [5, 5.41) is 0. The molecule has 1 heterocycles. The van der Waals surface area contributed by atoms with Crippen LogP contribution in [0.4, 0.5) is 11.8 Å². The summed E-state index contributed by atoms with van der Waals surface area (Å²) < 4.78 is 10.7. The van der Waals surface area contributed by atoms with Crippen LogP contribution in [-0.2, 0) is 4.74 Å². The Hall–Kier alpha value is -1.60. The number of hydrogen-bond acceptors (Lipinski definition) is 7. The third kappa shape index (κ3) is 3.87. The van der Waals surface area contributed by atoms with Crippen molar-refractivity contribution >= 4 is 11.8 Å². The molecule has 0 saturated heterocycles. The second-order valence-corrected chi connectivity index (χ2v) is 3.18. The summed E-state index contributed by atoms with van der Waals surface area (Å²) >= 11 is 0. The summed E-state index contributed by atoms with van der Waals surface area (Å²) in [6.45, 7) is 4.94. The number of ether oxygens (including phenoxy) is 2. The van der Waals surface area contributed by atoms with E-state index in [9.17, 15) is 0 Å². The van der Waals surface area contributed by atoms with Crippen LogP contribution in [-0.4, -0.2) is 29.3 Å². The highest BCUT2D eigenvalue weighted by Gasteiger charge is 2.07. The van der Waals surface area contributed by atoms with Gasteiger partial charge in [0.1, 0.15) is 11.9 Å². The van der Waals surface area contributed by atoms with E-state index in [0.717, 1.165) is 0 Å². The molecule has 1 rings (SSSR count). The van der Waals surface area contributed by atoms with E-state index in [2.05, 4.69) is 15.4 Å². The molecule has 1 atom stereocenters. The fraction of sp³-hybridized carbons (Fsp3) is 0.556. The maximum atomic E-state index is 5.49. The van der Waals surface area contributed by atoms with Gasteiger partial charge in [0, 0.05) is 12.7 Å². The zero-order chi connectivity index (χ0) is 12.0. The molecule has 5 N–H and O–H groups in total. The van der Waals surface area contributed by atoms with Crippen molar-refractivity contribution in [1.82, 2.24) is 9.97 Å². The van der Waals surface area contributed by atoms with E-state index in [0.29, 0.717) is 24.9 Å². The van der Waals surface area contributed by atoms with Crippen molar-refractivity contribution < 1.29 is 9.47 Å². The zero-order valence-corrected chi connectivity index (χ0v) is 9.43. The van der Waals surface area contributed by atoms with Crippen LogP contribution in [0.3, 0.4) is 0 Å². The Morgan fingerprint density at radius 2 is 2.25 bits per heavy atom. The molecule has 7 nitrogen and oxygen atoms in total. The molecule has 7 heteroatoms. The van der Waals surface area contributed by atoms with Crippen LogP contribution in [0.1, 0.15) is 13.8 Å². The number of nitrogens with two attached hydrogens (primary N) is 2. The molecule has 0 aromatic carbocycles. The lowest BCUT2D eigenvalue weighted by Gasteiger charge is -2.14. The smallest absolute Gasteiger partial charge is 0.225 e. The minimum Gasteiger partial charge on any atom is -0.472 e. The number of hydrazine groups is 1. The quantitative estimate of drug-likeness (QED) is 0.468. The van der Waals surface area contributed by atoms with Crippen LogP contribution in [0.15, 0.2) is 6.07 Å². The minimum atomic E-state index is -0.111. The lowest BCUT2D eigenvalue weighted by Crippen LogP contribution is -2.20. The molecule has 16 heavy (non-hydrogen) atoms. The third-order valence-corrected chi connectivity index (χ3v) is 1.75. The second-order valence-electron chi connectivity index (χ2n) is 3.18. The van der Waals surface area contributed by atoms with Crippen LogP contribution < -0.4 is 21.7 Å². The number of rotatable bonds is 6. The Labute approximate surface area is 94.1 Å². The molecule has 0 saturated carbocycles. The first-order valence-corrected chi connectivity index (χ1v) is 5.01. The van der Waals surface area contributed by atoms with Crippen molar-refractivity contribution in [1.29, 1.82) is 0 Å². The Balaban J connectivity index is 2.61. The Bertz CT molecular complexity index is 334. The highest BCUT2D eigenvalue weighted by atomic mass is 16.5. The molecular formula is C9H17N5O2. The predicted molar refractivity (Wildman–Crippen MR) is 60.8 cm³/mol. The number of aromatic nitrogens is 2. The number of nitrogens with zero attached hydrogens (tertiary/aromatic N) is 2. The minimum absolute atomic E-state index is 0.106. The van der Waals surface area contributed by atoms with Gasteiger partial charge in [-0.3, -0.25) is 0 Å². The molecular weight excluding hydrogens is 210 g/mol. The molecule has 90 valence electrons. The molecule has 1 unspecified atom stereocenters. The van der Waals surface area contributed by atoms with Crippen molar-refractivity contribution in [3.8, 4) is 5.88 Å². The van der Waals surface area contributed by atoms with Crippen molar-refractivity contribution in [2.75, 3.05) is 24.4 Å². The van der Waals surface area contributed by atoms with E-state index >= 15 is 0 Å². The van der Waals surface area contributed by atoms with E-state index in [1.54, 1.807) is 6.07 Å². The molecule has 0 fully saturated rings. The summed E-state index contributed by atoms with van der Waals surface area (Å²) in [4.78, 5) is 7.76. The predicted octanol–water partition coefficient (Wildman–Crippen LogP) is 0.148. The molecule has 0 aliphatic rings. The molecule has 0 aliphatic heterocycles. The first kappa shape index (κ1) is 12.5. The Morgan fingerprint density at radius 3 is 2.88 bits per heavy atom. The lowest BCUT2D eigenvalue weighted by atomic mass is 10.4. The van der Waals surface area contributed by atoms with Gasteiger partial charge in [0.15, 0.2) is 0 Å². The van der Waals surface area contributed by atoms with Crippen LogP contribution in [0.25, 0.3) is 0 Å². The first-order chi connectivity index (χ1) is 7.65. The molecule has 0 radical (unpaired) electrons. The lowest BCUT2D eigenvalue weighted by molar-refractivity contribution is 0.0634. The number of nitrogens with one attached hydrogen (secondary N) is 1. The van der Waals surface area contributed by atoms with Crippen molar-refractivity contribution in [2.24, 2.45) is 5.84 Å². The average Bonchev–Trinajstić information content (AvgIpc) is 2.25. The van der Waals surface area contributed by atoms with Gasteiger partial charge in [-0.2, -0.15) is 9.97 Å². The van der Waals surface area contributed by atoms with Crippen LogP contribution >= 0.6 is 0 Å². The number of nitrogen functional groups attached to an aromatic ring is 2. The van der Waals surface area contributed by atoms with Gasteiger partial charge in [-0.05, 0) is 13.8 Å². The van der Waals surface area contributed by atoms with E-state index in [1.165, 1.54) is 0 Å². The van der Waals surface area contributed by atoms with E-state index in [1.807, 2.05) is 13.8 Å². The normalized spacial score (nSPS) is 12.2. The largest absolute Gasteiger partial charge is 0.472 e. The average molecular weight is 227 g/mol. The van der Waals surface area contributed by atoms with E-state index in [4.69, 9.17) is 21.1 Å². The maximum Gasteiger partial charge on any atom is 0.225 e. The summed E-state index contributed by atoms with van der Waals surface area (Å²) in [5.41, 5.74) is 7.86. The van der Waals surface area contributed by atoms with E-state index in [-0.39, 0.29) is 12.1 Å².